The van der Waals surface area contributed by atoms with E-state index >= 15 is 0 Å². The van der Waals surface area contributed by atoms with Gasteiger partial charge < -0.3 is 4.90 Å². The molecule has 1 heterocycles. The van der Waals surface area contributed by atoms with E-state index in [1.165, 1.54) is 12.1 Å². The van der Waals surface area contributed by atoms with Crippen molar-refractivity contribution in [2.24, 2.45) is 5.92 Å². The molecule has 1 aromatic rings. The van der Waals surface area contributed by atoms with E-state index in [1.54, 1.807) is 12.1 Å². The Labute approximate surface area is 113 Å². The summed E-state index contributed by atoms with van der Waals surface area (Å²) in [5.41, 5.74) is 0. The number of sulfonamides is 1. The number of benzene rings is 1. The average Bonchev–Trinajstić information content (AvgIpc) is 2.57. The van der Waals surface area contributed by atoms with Crippen LogP contribution in [0.15, 0.2) is 29.2 Å². The van der Waals surface area contributed by atoms with E-state index in [0.717, 1.165) is 13.1 Å². The molecule has 1 aliphatic heterocycles. The minimum Gasteiger partial charge on any atom is -0.304 e. The van der Waals surface area contributed by atoms with E-state index < -0.39 is 10.0 Å². The first-order valence-corrected chi connectivity index (χ1v) is 7.71. The summed E-state index contributed by atoms with van der Waals surface area (Å²) >= 11 is 5.75. The first-order valence-electron chi connectivity index (χ1n) is 5.85. The first-order chi connectivity index (χ1) is 8.38. The van der Waals surface area contributed by atoms with Crippen LogP contribution in [0.4, 0.5) is 0 Å². The molecule has 1 fully saturated rings. The van der Waals surface area contributed by atoms with E-state index in [4.69, 9.17) is 11.6 Å². The van der Waals surface area contributed by atoms with Gasteiger partial charge in [-0.1, -0.05) is 18.5 Å². The van der Waals surface area contributed by atoms with Gasteiger partial charge in [0.15, 0.2) is 0 Å². The molecule has 1 aromatic carbocycles. The van der Waals surface area contributed by atoms with Gasteiger partial charge in [0.25, 0.3) is 0 Å². The lowest BCUT2D eigenvalue weighted by Crippen LogP contribution is -2.39. The molecule has 2 rings (SSSR count). The third-order valence-electron chi connectivity index (χ3n) is 3.23. The second-order valence-corrected chi connectivity index (χ2v) is 7.03. The number of nitrogens with one attached hydrogen (secondary N) is 1. The molecule has 0 spiro atoms. The number of hydrogen-bond acceptors (Lipinski definition) is 3. The van der Waals surface area contributed by atoms with Gasteiger partial charge >= 0.3 is 0 Å². The lowest BCUT2D eigenvalue weighted by atomic mass is 10.1. The summed E-state index contributed by atoms with van der Waals surface area (Å²) in [6, 6.07) is 6.18. The van der Waals surface area contributed by atoms with Gasteiger partial charge in [0.1, 0.15) is 0 Å². The summed E-state index contributed by atoms with van der Waals surface area (Å²) in [6.07, 6.45) is 0. The number of likely N-dealkylation sites (tertiary alicyclic amines) is 1. The Morgan fingerprint density at radius 2 is 1.89 bits per heavy atom. The Kier molecular flexibility index (Phi) is 3.96. The zero-order chi connectivity index (χ0) is 13.3. The normalized spacial score (nSPS) is 25.5. The van der Waals surface area contributed by atoms with Crippen molar-refractivity contribution >= 4 is 21.6 Å². The second kappa shape index (κ2) is 5.17. The van der Waals surface area contributed by atoms with Crippen LogP contribution in [-0.2, 0) is 10.0 Å². The quantitative estimate of drug-likeness (QED) is 0.918. The van der Waals surface area contributed by atoms with Crippen molar-refractivity contribution in [1.82, 2.24) is 9.62 Å². The molecule has 1 N–H and O–H groups in total. The molecule has 2 unspecified atom stereocenters. The highest BCUT2D eigenvalue weighted by atomic mass is 35.5. The highest BCUT2D eigenvalue weighted by molar-refractivity contribution is 7.89. The van der Waals surface area contributed by atoms with Crippen molar-refractivity contribution in [3.05, 3.63) is 29.3 Å². The van der Waals surface area contributed by atoms with Gasteiger partial charge in [0.05, 0.1) is 4.90 Å². The topological polar surface area (TPSA) is 49.4 Å². The molecule has 1 saturated heterocycles. The highest BCUT2D eigenvalue weighted by Crippen LogP contribution is 2.19. The van der Waals surface area contributed by atoms with Crippen molar-refractivity contribution in [2.45, 2.75) is 17.9 Å². The first kappa shape index (κ1) is 13.8. The maximum atomic E-state index is 12.2. The molecule has 0 amide bonds. The minimum atomic E-state index is -3.45. The van der Waals surface area contributed by atoms with Gasteiger partial charge in [0, 0.05) is 24.2 Å². The molecule has 0 saturated carbocycles. The third kappa shape index (κ3) is 3.03. The van der Waals surface area contributed by atoms with Gasteiger partial charge in [0.2, 0.25) is 10.0 Å². The summed E-state index contributed by atoms with van der Waals surface area (Å²) in [6.45, 7) is 3.71. The molecule has 2 atom stereocenters. The molecule has 0 bridgehead atoms. The summed E-state index contributed by atoms with van der Waals surface area (Å²) in [4.78, 5) is 2.38. The van der Waals surface area contributed by atoms with Crippen molar-refractivity contribution in [1.29, 1.82) is 0 Å². The second-order valence-electron chi connectivity index (χ2n) is 4.88. The molecular formula is C12H17ClN2O2S. The molecule has 18 heavy (non-hydrogen) atoms. The summed E-state index contributed by atoms with van der Waals surface area (Å²) in [5, 5.41) is 0.530. The molecule has 4 nitrogen and oxygen atoms in total. The number of likely N-dealkylation sites (N-methyl/N-ethyl adjacent to an activating group) is 1. The van der Waals surface area contributed by atoms with Crippen LogP contribution in [0.5, 0.6) is 0 Å². The number of nitrogens with zero attached hydrogens (tertiary/aromatic N) is 1. The zero-order valence-electron chi connectivity index (χ0n) is 10.4. The van der Waals surface area contributed by atoms with Crippen LogP contribution in [0.1, 0.15) is 6.92 Å². The molecule has 0 radical (unpaired) electrons. The SMILES string of the molecule is CC1CN(C)CC1NS(=O)(=O)c1ccc(Cl)cc1. The molecule has 0 aromatic heterocycles. The molecule has 100 valence electrons. The van der Waals surface area contributed by atoms with Crippen LogP contribution in [0.2, 0.25) is 5.02 Å². The van der Waals surface area contributed by atoms with Gasteiger partial charge in [-0.05, 0) is 37.2 Å². The highest BCUT2D eigenvalue weighted by Gasteiger charge is 2.31. The van der Waals surface area contributed by atoms with E-state index in [0.29, 0.717) is 10.9 Å². The predicted molar refractivity (Wildman–Crippen MR) is 72.2 cm³/mol. The van der Waals surface area contributed by atoms with Crippen LogP contribution < -0.4 is 4.72 Å². The van der Waals surface area contributed by atoms with E-state index in [1.807, 2.05) is 7.05 Å². The van der Waals surface area contributed by atoms with E-state index in [9.17, 15) is 8.42 Å². The maximum Gasteiger partial charge on any atom is 0.240 e. The zero-order valence-corrected chi connectivity index (χ0v) is 12.0. The van der Waals surface area contributed by atoms with Gasteiger partial charge in [-0.3, -0.25) is 0 Å². The fourth-order valence-electron chi connectivity index (χ4n) is 2.24. The fourth-order valence-corrected chi connectivity index (χ4v) is 3.71. The van der Waals surface area contributed by atoms with Gasteiger partial charge in [-0.15, -0.1) is 0 Å². The maximum absolute atomic E-state index is 12.2. The Morgan fingerprint density at radius 3 is 2.39 bits per heavy atom. The van der Waals surface area contributed by atoms with Crippen molar-refractivity contribution in [2.75, 3.05) is 20.1 Å². The Bertz CT molecular complexity index is 515. The minimum absolute atomic E-state index is 0.0318. The largest absolute Gasteiger partial charge is 0.304 e. The smallest absolute Gasteiger partial charge is 0.240 e. The van der Waals surface area contributed by atoms with Crippen molar-refractivity contribution < 1.29 is 8.42 Å². The predicted octanol–water partition coefficient (Wildman–Crippen LogP) is 1.57. The Hall–Kier alpha value is -0.620. The van der Waals surface area contributed by atoms with Crippen molar-refractivity contribution in [3.63, 3.8) is 0 Å². The average molecular weight is 289 g/mol. The number of hydrogen-bond donors (Lipinski definition) is 1. The van der Waals surface area contributed by atoms with Crippen LogP contribution in [0.3, 0.4) is 0 Å². The molecular weight excluding hydrogens is 272 g/mol. The summed E-state index contributed by atoms with van der Waals surface area (Å²) in [7, 11) is -1.46. The van der Waals surface area contributed by atoms with Crippen molar-refractivity contribution in [3.8, 4) is 0 Å². The van der Waals surface area contributed by atoms with E-state index in [-0.39, 0.29) is 10.9 Å². The molecule has 1 aliphatic rings. The molecule has 6 heteroatoms. The van der Waals surface area contributed by atoms with Crippen LogP contribution in [-0.4, -0.2) is 39.5 Å². The third-order valence-corrected chi connectivity index (χ3v) is 4.98. The van der Waals surface area contributed by atoms with Gasteiger partial charge in [-0.25, -0.2) is 13.1 Å². The number of rotatable bonds is 3. The monoisotopic (exact) mass is 288 g/mol. The lowest BCUT2D eigenvalue weighted by molar-refractivity contribution is 0.400. The standard InChI is InChI=1S/C12H17ClN2O2S/c1-9-7-15(2)8-12(9)14-18(16,17)11-5-3-10(13)4-6-11/h3-6,9,12,14H,7-8H2,1-2H3. The summed E-state index contributed by atoms with van der Waals surface area (Å²) in [5.74, 6) is 0.317. The Morgan fingerprint density at radius 1 is 1.28 bits per heavy atom. The molecule has 0 aliphatic carbocycles. The fraction of sp³-hybridized carbons (Fsp3) is 0.500. The van der Waals surface area contributed by atoms with E-state index in [2.05, 4.69) is 16.5 Å². The Balaban J connectivity index is 2.15. The van der Waals surface area contributed by atoms with Gasteiger partial charge in [-0.2, -0.15) is 0 Å². The number of halogens is 1. The summed E-state index contributed by atoms with van der Waals surface area (Å²) < 4.78 is 27.1. The van der Waals surface area contributed by atoms with Crippen LogP contribution in [0, 0.1) is 5.92 Å². The lowest BCUT2D eigenvalue weighted by Gasteiger charge is -2.16. The van der Waals surface area contributed by atoms with Crippen LogP contribution >= 0.6 is 11.6 Å². The van der Waals surface area contributed by atoms with Crippen LogP contribution in [0.25, 0.3) is 0 Å².